The molecule has 1 aromatic carbocycles. The zero-order valence-electron chi connectivity index (χ0n) is 14.8. The third-order valence-corrected chi connectivity index (χ3v) is 4.07. The zero-order valence-corrected chi connectivity index (χ0v) is 14.8. The minimum absolute atomic E-state index is 0.111. The fraction of sp³-hybridized carbons (Fsp3) is 0.333. The van der Waals surface area contributed by atoms with Crippen molar-refractivity contribution in [3.05, 3.63) is 68.7 Å². The lowest BCUT2D eigenvalue weighted by Gasteiger charge is -2.20. The van der Waals surface area contributed by atoms with E-state index in [1.807, 2.05) is 4.98 Å². The molecule has 0 saturated carbocycles. The van der Waals surface area contributed by atoms with Gasteiger partial charge in [0.1, 0.15) is 12.7 Å². The first-order chi connectivity index (χ1) is 13.3. The number of carbonyl (C=O) groups excluding carboxylic acids is 2. The molecule has 1 N–H and O–H groups in total. The van der Waals surface area contributed by atoms with Crippen LogP contribution in [-0.2, 0) is 19.0 Å². The van der Waals surface area contributed by atoms with Gasteiger partial charge in [0.25, 0.3) is 5.56 Å². The van der Waals surface area contributed by atoms with Crippen LogP contribution < -0.4 is 11.2 Å². The van der Waals surface area contributed by atoms with Crippen LogP contribution in [0.1, 0.15) is 29.9 Å². The van der Waals surface area contributed by atoms with Gasteiger partial charge in [0.2, 0.25) is 5.82 Å². The Labute approximate surface area is 157 Å². The van der Waals surface area contributed by atoms with Crippen LogP contribution in [-0.4, -0.2) is 40.3 Å². The van der Waals surface area contributed by atoms with Gasteiger partial charge in [-0.1, -0.05) is 18.2 Å². The highest BCUT2D eigenvalue weighted by Gasteiger charge is 2.40. The molecule has 0 radical (unpaired) electrons. The first kappa shape index (κ1) is 19.5. The van der Waals surface area contributed by atoms with E-state index in [1.54, 1.807) is 30.3 Å². The number of benzene rings is 1. The van der Waals surface area contributed by atoms with Gasteiger partial charge in [0.05, 0.1) is 17.9 Å². The van der Waals surface area contributed by atoms with Crippen molar-refractivity contribution in [2.75, 3.05) is 6.61 Å². The summed E-state index contributed by atoms with van der Waals surface area (Å²) in [5.74, 6) is -2.38. The molecule has 1 saturated heterocycles. The van der Waals surface area contributed by atoms with Gasteiger partial charge in [-0.05, 0) is 12.1 Å². The average molecular weight is 392 g/mol. The molecule has 1 fully saturated rings. The summed E-state index contributed by atoms with van der Waals surface area (Å²) in [5, 5.41) is 0. The number of esters is 2. The monoisotopic (exact) mass is 392 g/mol. The molecule has 3 rings (SSSR count). The predicted molar refractivity (Wildman–Crippen MR) is 92.1 cm³/mol. The lowest BCUT2D eigenvalue weighted by Crippen LogP contribution is -2.37. The molecule has 1 aliphatic rings. The molecule has 2 aromatic rings. The second kappa shape index (κ2) is 8.17. The van der Waals surface area contributed by atoms with Crippen molar-refractivity contribution in [3.63, 3.8) is 0 Å². The molecule has 0 bridgehead atoms. The summed E-state index contributed by atoms with van der Waals surface area (Å²) in [7, 11) is 0. The Hall–Kier alpha value is -3.27. The first-order valence-electron chi connectivity index (χ1n) is 8.41. The molecule has 1 unspecified atom stereocenters. The molecule has 148 valence electrons. The van der Waals surface area contributed by atoms with Gasteiger partial charge in [-0.25, -0.2) is 9.59 Å². The molecule has 0 aliphatic carbocycles. The molecule has 1 aliphatic heterocycles. The number of nitrogens with one attached hydrogen (secondary N) is 1. The fourth-order valence-electron chi connectivity index (χ4n) is 2.86. The first-order valence-corrected chi connectivity index (χ1v) is 8.41. The smallest absolute Gasteiger partial charge is 0.338 e. The number of H-pyrrole nitrogens is 1. The molecular formula is C18H17FN2O7. The zero-order chi connectivity index (χ0) is 20.3. The summed E-state index contributed by atoms with van der Waals surface area (Å²) in [5.41, 5.74) is -1.74. The number of rotatable bonds is 5. The van der Waals surface area contributed by atoms with Crippen LogP contribution in [0.3, 0.4) is 0 Å². The van der Waals surface area contributed by atoms with E-state index in [-0.39, 0.29) is 13.0 Å². The molecule has 9 nitrogen and oxygen atoms in total. The van der Waals surface area contributed by atoms with E-state index < -0.39 is 47.4 Å². The van der Waals surface area contributed by atoms with Crippen molar-refractivity contribution in [1.29, 1.82) is 0 Å². The predicted octanol–water partition coefficient (Wildman–Crippen LogP) is 0.752. The van der Waals surface area contributed by atoms with Crippen molar-refractivity contribution < 1.29 is 28.2 Å². The van der Waals surface area contributed by atoms with Gasteiger partial charge in [-0.15, -0.1) is 0 Å². The van der Waals surface area contributed by atoms with E-state index in [4.69, 9.17) is 14.2 Å². The quantitative estimate of drug-likeness (QED) is 0.747. The largest absolute Gasteiger partial charge is 0.459 e. The normalized spacial score (nSPS) is 21.3. The summed E-state index contributed by atoms with van der Waals surface area (Å²) >= 11 is 0. The molecule has 28 heavy (non-hydrogen) atoms. The molecular weight excluding hydrogens is 375 g/mol. The third kappa shape index (κ3) is 4.34. The number of aromatic nitrogens is 2. The lowest BCUT2D eigenvalue weighted by atomic mass is 10.2. The Balaban J connectivity index is 1.75. The second-order valence-corrected chi connectivity index (χ2v) is 6.14. The van der Waals surface area contributed by atoms with Crippen molar-refractivity contribution >= 4 is 11.9 Å². The van der Waals surface area contributed by atoms with Gasteiger partial charge < -0.3 is 14.2 Å². The van der Waals surface area contributed by atoms with Gasteiger partial charge in [-0.3, -0.25) is 19.1 Å². The molecule has 0 amide bonds. The van der Waals surface area contributed by atoms with Crippen LogP contribution in [0, 0.1) is 5.82 Å². The van der Waals surface area contributed by atoms with E-state index in [9.17, 15) is 23.6 Å². The number of nitrogens with zero attached hydrogens (tertiary/aromatic N) is 1. The maximum absolute atomic E-state index is 13.6. The van der Waals surface area contributed by atoms with Crippen LogP contribution in [0.25, 0.3) is 0 Å². The van der Waals surface area contributed by atoms with Crippen LogP contribution in [0.15, 0.2) is 46.1 Å². The van der Waals surface area contributed by atoms with Crippen molar-refractivity contribution in [2.24, 2.45) is 0 Å². The molecule has 2 heterocycles. The van der Waals surface area contributed by atoms with E-state index in [1.165, 1.54) is 6.92 Å². The minimum Gasteiger partial charge on any atom is -0.459 e. The maximum Gasteiger partial charge on any atom is 0.338 e. The molecule has 0 spiro atoms. The second-order valence-electron chi connectivity index (χ2n) is 6.14. The Kier molecular flexibility index (Phi) is 5.69. The van der Waals surface area contributed by atoms with E-state index in [2.05, 4.69) is 0 Å². The van der Waals surface area contributed by atoms with Crippen LogP contribution >= 0.6 is 0 Å². The highest BCUT2D eigenvalue weighted by Crippen LogP contribution is 2.30. The van der Waals surface area contributed by atoms with Crippen molar-refractivity contribution in [2.45, 2.75) is 31.8 Å². The van der Waals surface area contributed by atoms with Gasteiger partial charge >= 0.3 is 17.6 Å². The Bertz CT molecular complexity index is 985. The highest BCUT2D eigenvalue weighted by molar-refractivity contribution is 5.89. The highest BCUT2D eigenvalue weighted by atomic mass is 19.1. The van der Waals surface area contributed by atoms with E-state index in [0.29, 0.717) is 11.8 Å². The molecule has 1 aromatic heterocycles. The van der Waals surface area contributed by atoms with Crippen LogP contribution in [0.2, 0.25) is 0 Å². The number of hydrogen-bond acceptors (Lipinski definition) is 7. The number of carbonyl (C=O) groups is 2. The topological polar surface area (TPSA) is 117 Å². The van der Waals surface area contributed by atoms with Crippen LogP contribution in [0.5, 0.6) is 0 Å². The van der Waals surface area contributed by atoms with Crippen molar-refractivity contribution in [1.82, 2.24) is 9.55 Å². The number of aromatic amines is 1. The van der Waals surface area contributed by atoms with Gasteiger partial charge in [-0.2, -0.15) is 4.39 Å². The van der Waals surface area contributed by atoms with Gasteiger partial charge in [0.15, 0.2) is 6.23 Å². The van der Waals surface area contributed by atoms with Gasteiger partial charge in [0, 0.05) is 13.3 Å². The summed E-state index contributed by atoms with van der Waals surface area (Å²) in [4.78, 5) is 48.4. The summed E-state index contributed by atoms with van der Waals surface area (Å²) < 4.78 is 30.4. The maximum atomic E-state index is 13.6. The van der Waals surface area contributed by atoms with Crippen LogP contribution in [0.4, 0.5) is 4.39 Å². The molecule has 3 atom stereocenters. The third-order valence-electron chi connectivity index (χ3n) is 4.07. The summed E-state index contributed by atoms with van der Waals surface area (Å²) in [6.07, 6.45) is -2.02. The number of ether oxygens (including phenoxy) is 3. The Morgan fingerprint density at radius 3 is 2.68 bits per heavy atom. The van der Waals surface area contributed by atoms with E-state index in [0.717, 1.165) is 4.57 Å². The Morgan fingerprint density at radius 2 is 2.00 bits per heavy atom. The number of halogens is 1. The van der Waals surface area contributed by atoms with Crippen molar-refractivity contribution in [3.8, 4) is 0 Å². The SMILES string of the molecule is CC(=O)OC1C[C@H](COC(=O)c2ccccc2)O[C@@H]1n1cc(F)c(=O)[nH]c1=O. The summed E-state index contributed by atoms with van der Waals surface area (Å²) in [6.45, 7) is 1.01. The summed E-state index contributed by atoms with van der Waals surface area (Å²) in [6, 6.07) is 8.31. The molecule has 10 heteroatoms. The van der Waals surface area contributed by atoms with E-state index >= 15 is 0 Å². The average Bonchev–Trinajstić information content (AvgIpc) is 3.05. The Morgan fingerprint density at radius 1 is 1.29 bits per heavy atom. The lowest BCUT2D eigenvalue weighted by molar-refractivity contribution is -0.152. The fourth-order valence-corrected chi connectivity index (χ4v) is 2.86. The standard InChI is InChI=1S/C18H17FN2O7/c1-10(22)27-14-7-12(9-26-17(24)11-5-3-2-4-6-11)28-16(14)21-8-13(19)15(23)20-18(21)25/h2-6,8,12,14,16H,7,9H2,1H3,(H,20,23,25)/t12-,14?,16+/m1/s1. The minimum atomic E-state index is -1.19. The number of hydrogen-bond donors (Lipinski definition) is 1.